The number of ether oxygens (including phenoxy) is 1. The monoisotopic (exact) mass is 230 g/mol. The summed E-state index contributed by atoms with van der Waals surface area (Å²) >= 11 is 0. The van der Waals surface area contributed by atoms with Gasteiger partial charge in [-0.2, -0.15) is 8.42 Å². The fraction of sp³-hybridized carbons (Fsp3) is 0.286. The number of carbonyl (C=O) groups is 1. The van der Waals surface area contributed by atoms with Crippen molar-refractivity contribution in [2.45, 2.75) is 6.92 Å². The van der Waals surface area contributed by atoms with Gasteiger partial charge in [0.05, 0.1) is 12.2 Å². The maximum atomic E-state index is 10.9. The molecular weight excluding hydrogens is 219 g/mol. The molecule has 14 heavy (non-hydrogen) atoms. The molecule has 0 radical (unpaired) electrons. The minimum absolute atomic E-state index is 0. The van der Waals surface area contributed by atoms with Gasteiger partial charge in [-0.15, -0.1) is 0 Å². The van der Waals surface area contributed by atoms with E-state index >= 15 is 0 Å². The van der Waals surface area contributed by atoms with Crippen LogP contribution in [0.3, 0.4) is 0 Å². The van der Waals surface area contributed by atoms with Crippen molar-refractivity contribution < 1.29 is 22.5 Å². The van der Waals surface area contributed by atoms with Crippen molar-refractivity contribution in [2.75, 3.05) is 6.61 Å². The molecule has 0 aliphatic heterocycles. The van der Waals surface area contributed by atoms with Crippen LogP contribution in [0.4, 0.5) is 0 Å². The van der Waals surface area contributed by atoms with Crippen LogP contribution in [0.1, 0.15) is 6.92 Å². The van der Waals surface area contributed by atoms with Crippen LogP contribution in [0.5, 0.6) is 0 Å². The predicted molar refractivity (Wildman–Crippen MR) is 53.6 cm³/mol. The quantitative estimate of drug-likeness (QED) is 0.239. The van der Waals surface area contributed by atoms with Crippen LogP contribution in [0.25, 0.3) is 0 Å². The van der Waals surface area contributed by atoms with Crippen LogP contribution in [0.15, 0.2) is 23.6 Å². The first-order chi connectivity index (χ1) is 5.80. The van der Waals surface area contributed by atoms with Crippen LogP contribution in [0, 0.1) is 0 Å². The Morgan fingerprint density at radius 3 is 2.14 bits per heavy atom. The standard InChI is InChI=1S/C7H10O5S.Na.H/c1-4-12-7(8)5(2)6(3)13(9,10)11;;/h2-4H2,1H3,(H,9,10,11);;. The van der Waals surface area contributed by atoms with E-state index in [0.717, 1.165) is 0 Å². The van der Waals surface area contributed by atoms with Crippen LogP contribution in [-0.4, -0.2) is 55.1 Å². The van der Waals surface area contributed by atoms with Crippen LogP contribution in [-0.2, 0) is 19.6 Å². The molecule has 5 nitrogen and oxygen atoms in total. The molecule has 0 saturated heterocycles. The first-order valence-corrected chi connectivity index (χ1v) is 4.77. The summed E-state index contributed by atoms with van der Waals surface area (Å²) in [4.78, 5) is 10.1. The fourth-order valence-corrected chi connectivity index (χ4v) is 0.882. The van der Waals surface area contributed by atoms with Gasteiger partial charge < -0.3 is 4.74 Å². The van der Waals surface area contributed by atoms with Crippen molar-refractivity contribution in [3.05, 3.63) is 23.6 Å². The summed E-state index contributed by atoms with van der Waals surface area (Å²) in [6.07, 6.45) is 0. The van der Waals surface area contributed by atoms with Gasteiger partial charge in [0, 0.05) is 0 Å². The summed E-state index contributed by atoms with van der Waals surface area (Å²) in [6, 6.07) is 0. The summed E-state index contributed by atoms with van der Waals surface area (Å²) < 4.78 is 33.9. The van der Waals surface area contributed by atoms with Gasteiger partial charge in [0.25, 0.3) is 10.1 Å². The molecule has 7 heteroatoms. The third-order valence-electron chi connectivity index (χ3n) is 1.17. The Bertz CT molecular complexity index is 343. The molecule has 0 atom stereocenters. The Hall–Kier alpha value is -0.140. The zero-order chi connectivity index (χ0) is 10.6. The Morgan fingerprint density at radius 2 is 1.86 bits per heavy atom. The predicted octanol–water partition coefficient (Wildman–Crippen LogP) is -0.141. The summed E-state index contributed by atoms with van der Waals surface area (Å²) in [5.74, 6) is -0.912. The fourth-order valence-electron chi connectivity index (χ4n) is 0.488. The van der Waals surface area contributed by atoms with Gasteiger partial charge in [-0.3, -0.25) is 4.55 Å². The number of hydrogen-bond acceptors (Lipinski definition) is 4. The van der Waals surface area contributed by atoms with E-state index in [2.05, 4.69) is 17.9 Å². The molecule has 76 valence electrons. The number of rotatable bonds is 4. The molecule has 0 fully saturated rings. The normalized spacial score (nSPS) is 9.86. The average Bonchev–Trinajstić information content (AvgIpc) is 2.00. The van der Waals surface area contributed by atoms with Crippen molar-refractivity contribution >= 4 is 45.6 Å². The Labute approximate surface area is 105 Å². The van der Waals surface area contributed by atoms with Crippen molar-refractivity contribution in [1.29, 1.82) is 0 Å². The van der Waals surface area contributed by atoms with E-state index in [9.17, 15) is 13.2 Å². The molecule has 1 N–H and O–H groups in total. The Balaban J connectivity index is 0. The number of esters is 1. The second-order valence-corrected chi connectivity index (χ2v) is 3.54. The van der Waals surface area contributed by atoms with E-state index in [0.29, 0.717) is 0 Å². The zero-order valence-corrected chi connectivity index (χ0v) is 7.93. The molecule has 0 aliphatic carbocycles. The molecule has 0 aromatic carbocycles. The first-order valence-electron chi connectivity index (χ1n) is 3.33. The van der Waals surface area contributed by atoms with Gasteiger partial charge in [-0.1, -0.05) is 13.2 Å². The van der Waals surface area contributed by atoms with Crippen LogP contribution >= 0.6 is 0 Å². The van der Waals surface area contributed by atoms with Crippen molar-refractivity contribution in [2.24, 2.45) is 0 Å². The van der Waals surface area contributed by atoms with Gasteiger partial charge in [-0.05, 0) is 6.92 Å². The maximum absolute atomic E-state index is 10.9. The molecule has 0 bridgehead atoms. The average molecular weight is 230 g/mol. The molecule has 0 aromatic rings. The molecule has 0 unspecified atom stereocenters. The SMILES string of the molecule is C=C(C(=C)S(=O)(=O)O)C(=O)OCC.[NaH]. The van der Waals surface area contributed by atoms with Crippen molar-refractivity contribution in [3.8, 4) is 0 Å². The van der Waals surface area contributed by atoms with E-state index in [4.69, 9.17) is 4.55 Å². The van der Waals surface area contributed by atoms with E-state index < -0.39 is 26.6 Å². The van der Waals surface area contributed by atoms with Gasteiger partial charge in [0.15, 0.2) is 0 Å². The Kier molecular flexibility index (Phi) is 7.41. The minimum atomic E-state index is -4.46. The molecule has 0 saturated carbocycles. The van der Waals surface area contributed by atoms with E-state index in [1.807, 2.05) is 0 Å². The Morgan fingerprint density at radius 1 is 1.43 bits per heavy atom. The van der Waals surface area contributed by atoms with E-state index in [1.54, 1.807) is 6.92 Å². The summed E-state index contributed by atoms with van der Waals surface area (Å²) in [5.41, 5.74) is -0.468. The molecule has 0 rings (SSSR count). The second kappa shape index (κ2) is 6.36. The molecule has 0 aliphatic rings. The molecule has 0 aromatic heterocycles. The third-order valence-corrected chi connectivity index (χ3v) is 2.04. The number of hydrogen-bond donors (Lipinski definition) is 1. The summed E-state index contributed by atoms with van der Waals surface area (Å²) in [5, 5.41) is 0. The zero-order valence-electron chi connectivity index (χ0n) is 7.11. The summed E-state index contributed by atoms with van der Waals surface area (Å²) in [6.45, 7) is 7.77. The molecule has 0 amide bonds. The number of carbonyl (C=O) groups excluding carboxylic acids is 1. The first kappa shape index (κ1) is 16.3. The second-order valence-electron chi connectivity index (χ2n) is 2.10. The molecule has 0 spiro atoms. The topological polar surface area (TPSA) is 80.7 Å². The van der Waals surface area contributed by atoms with Gasteiger partial charge in [-0.25, -0.2) is 4.79 Å². The van der Waals surface area contributed by atoms with E-state index in [1.165, 1.54) is 0 Å². The molecular formula is C7H11NaO5S. The van der Waals surface area contributed by atoms with Gasteiger partial charge >= 0.3 is 35.5 Å². The third kappa shape index (κ3) is 4.92. The van der Waals surface area contributed by atoms with Crippen molar-refractivity contribution in [1.82, 2.24) is 0 Å². The van der Waals surface area contributed by atoms with Gasteiger partial charge in [0.1, 0.15) is 4.91 Å². The van der Waals surface area contributed by atoms with Crippen LogP contribution < -0.4 is 0 Å². The van der Waals surface area contributed by atoms with Gasteiger partial charge in [0.2, 0.25) is 0 Å². The molecule has 0 heterocycles. The van der Waals surface area contributed by atoms with Crippen molar-refractivity contribution in [3.63, 3.8) is 0 Å². The summed E-state index contributed by atoms with van der Waals surface area (Å²) in [7, 11) is -4.46. The van der Waals surface area contributed by atoms with Crippen LogP contribution in [0.2, 0.25) is 0 Å². The van der Waals surface area contributed by atoms with E-state index in [-0.39, 0.29) is 36.2 Å².